The van der Waals surface area contributed by atoms with Crippen molar-refractivity contribution in [1.29, 1.82) is 0 Å². The maximum Gasteiger partial charge on any atom is 0.456 e. The quantitative estimate of drug-likeness (QED) is 0.385. The van der Waals surface area contributed by atoms with Crippen LogP contribution in [0.15, 0.2) is 0 Å². The Morgan fingerprint density at radius 2 is 2.29 bits per heavy atom. The van der Waals surface area contributed by atoms with Gasteiger partial charge in [0.25, 0.3) is 0 Å². The SMILES string of the molecule is O=P1(OP)OBO1. The molecular weight excluding hydrogens is 137 g/mol. The average molecular weight is 140 g/mol. The molecule has 1 heterocycles. The summed E-state index contributed by atoms with van der Waals surface area (Å²) in [7, 11) is -1.13. The normalized spacial score (nSPS) is 25.3. The molecule has 0 aliphatic carbocycles. The van der Waals surface area contributed by atoms with Gasteiger partial charge in [-0.15, -0.1) is 0 Å². The van der Waals surface area contributed by atoms with Gasteiger partial charge in [-0.2, -0.15) is 0 Å². The van der Waals surface area contributed by atoms with E-state index in [2.05, 4.69) is 13.2 Å². The standard InChI is InChI=1S/BH3O4P2/c2-7(5-6)3-1-4-7/h1H,6H2. The molecule has 1 saturated heterocycles. The number of hydrogen-bond acceptors (Lipinski definition) is 4. The summed E-state index contributed by atoms with van der Waals surface area (Å²) in [5.74, 6) is 0. The van der Waals surface area contributed by atoms with Crippen LogP contribution in [0.4, 0.5) is 0 Å². The van der Waals surface area contributed by atoms with Crippen LogP contribution in [0, 0.1) is 0 Å². The minimum absolute atomic E-state index is 0.0751. The highest BCUT2D eigenvalue weighted by atomic mass is 31.2. The molecule has 7 heavy (non-hydrogen) atoms. The largest absolute Gasteiger partial charge is 0.456 e. The first kappa shape index (κ1) is 5.74. The van der Waals surface area contributed by atoms with Gasteiger partial charge in [-0.3, -0.25) is 4.31 Å². The Bertz CT molecular complexity index is 94.0. The second-order valence-corrected chi connectivity index (χ2v) is 3.18. The van der Waals surface area contributed by atoms with Crippen LogP contribution >= 0.6 is 17.3 Å². The molecule has 0 aromatic carbocycles. The Hall–Kier alpha value is 0.605. The Morgan fingerprint density at radius 3 is 2.29 bits per heavy atom. The highest BCUT2D eigenvalue weighted by molar-refractivity contribution is 7.57. The molecule has 1 aliphatic rings. The van der Waals surface area contributed by atoms with E-state index < -0.39 is 7.82 Å². The van der Waals surface area contributed by atoms with Crippen LogP contribution in [0.3, 0.4) is 0 Å². The van der Waals surface area contributed by atoms with E-state index in [-0.39, 0.29) is 7.69 Å². The zero-order valence-electron chi connectivity index (χ0n) is 3.36. The van der Waals surface area contributed by atoms with Crippen LogP contribution in [0.25, 0.3) is 0 Å². The van der Waals surface area contributed by atoms with Crippen LogP contribution in [-0.4, -0.2) is 7.69 Å². The van der Waals surface area contributed by atoms with Crippen molar-refractivity contribution in [3.8, 4) is 0 Å². The molecule has 0 spiro atoms. The highest BCUT2D eigenvalue weighted by Gasteiger charge is 2.35. The molecule has 1 aliphatic heterocycles. The second kappa shape index (κ2) is 1.84. The van der Waals surface area contributed by atoms with E-state index in [0.29, 0.717) is 0 Å². The van der Waals surface area contributed by atoms with Crippen LogP contribution in [-0.2, 0) is 17.8 Å². The summed E-state index contributed by atoms with van der Waals surface area (Å²) in [6, 6.07) is 0. The van der Waals surface area contributed by atoms with Gasteiger partial charge in [0, 0.05) is 9.47 Å². The summed E-state index contributed by atoms with van der Waals surface area (Å²) in [5, 5.41) is 0. The first-order valence-corrected chi connectivity index (χ1v) is 3.48. The predicted molar refractivity (Wildman–Crippen MR) is 27.7 cm³/mol. The first-order valence-electron chi connectivity index (χ1n) is 1.54. The smallest absolute Gasteiger partial charge is 0.321 e. The minimum atomic E-state index is -3.01. The third kappa shape index (κ3) is 1.04. The van der Waals surface area contributed by atoms with Crippen LogP contribution in [0.1, 0.15) is 0 Å². The molecule has 1 unspecified atom stereocenters. The van der Waals surface area contributed by atoms with E-state index in [1.54, 1.807) is 0 Å². The fraction of sp³-hybridized carbons (Fsp3) is 0. The zero-order chi connectivity index (χ0) is 5.33. The van der Waals surface area contributed by atoms with Gasteiger partial charge in [-0.05, 0) is 0 Å². The number of phosphoric acid groups is 1. The van der Waals surface area contributed by atoms with Crippen molar-refractivity contribution in [3.05, 3.63) is 0 Å². The van der Waals surface area contributed by atoms with Crippen molar-refractivity contribution in [2.75, 3.05) is 0 Å². The third-order valence-corrected chi connectivity index (χ3v) is 2.43. The van der Waals surface area contributed by atoms with Gasteiger partial charge in [0.15, 0.2) is 0 Å². The molecule has 0 N–H and O–H groups in total. The molecule has 1 fully saturated rings. The van der Waals surface area contributed by atoms with E-state index in [1.807, 2.05) is 9.47 Å². The lowest BCUT2D eigenvalue weighted by molar-refractivity contribution is 0.241. The second-order valence-electron chi connectivity index (χ2n) is 0.929. The number of rotatable bonds is 1. The lowest BCUT2D eigenvalue weighted by atomic mass is 10.4. The van der Waals surface area contributed by atoms with Gasteiger partial charge >= 0.3 is 15.5 Å². The van der Waals surface area contributed by atoms with Gasteiger partial charge in [-0.1, -0.05) is 0 Å². The summed E-state index contributed by atoms with van der Waals surface area (Å²) in [6.07, 6.45) is 0. The van der Waals surface area contributed by atoms with Gasteiger partial charge in [0.2, 0.25) is 0 Å². The maximum absolute atomic E-state index is 10.4. The lowest BCUT2D eigenvalue weighted by Gasteiger charge is -2.21. The molecule has 0 amide bonds. The van der Waals surface area contributed by atoms with E-state index in [9.17, 15) is 4.57 Å². The van der Waals surface area contributed by atoms with E-state index in [0.717, 1.165) is 0 Å². The summed E-state index contributed by atoms with van der Waals surface area (Å²) >= 11 is 0. The van der Waals surface area contributed by atoms with Gasteiger partial charge in [-0.25, -0.2) is 4.57 Å². The molecule has 7 heteroatoms. The van der Waals surface area contributed by atoms with Crippen molar-refractivity contribution in [3.63, 3.8) is 0 Å². The number of hydrogen-bond donors (Lipinski definition) is 0. The molecule has 0 radical (unpaired) electrons. The van der Waals surface area contributed by atoms with Gasteiger partial charge in [0.1, 0.15) is 0 Å². The van der Waals surface area contributed by atoms with Crippen LogP contribution in [0.2, 0.25) is 0 Å². The van der Waals surface area contributed by atoms with Crippen molar-refractivity contribution < 1.29 is 17.8 Å². The fourth-order valence-electron chi connectivity index (χ4n) is 0.200. The monoisotopic (exact) mass is 140 g/mol. The Kier molecular flexibility index (Phi) is 1.51. The topological polar surface area (TPSA) is 44.8 Å². The highest BCUT2D eigenvalue weighted by Crippen LogP contribution is 2.56. The van der Waals surface area contributed by atoms with E-state index in [4.69, 9.17) is 0 Å². The third-order valence-electron chi connectivity index (χ3n) is 0.551. The molecule has 0 aromatic heterocycles. The minimum Gasteiger partial charge on any atom is -0.321 e. The fourth-order valence-corrected chi connectivity index (χ4v) is 0.964. The van der Waals surface area contributed by atoms with Crippen molar-refractivity contribution >= 4 is 25.0 Å². The zero-order valence-corrected chi connectivity index (χ0v) is 5.41. The molecule has 4 nitrogen and oxygen atoms in total. The summed E-state index contributed by atoms with van der Waals surface area (Å²) in [4.78, 5) is 0. The van der Waals surface area contributed by atoms with E-state index >= 15 is 0 Å². The summed E-state index contributed by atoms with van der Waals surface area (Å²) in [6.45, 7) is 0. The molecule has 0 bridgehead atoms. The maximum atomic E-state index is 10.4. The van der Waals surface area contributed by atoms with Crippen LogP contribution < -0.4 is 0 Å². The molecule has 0 aromatic rings. The average Bonchev–Trinajstić information content (AvgIpc) is 1.61. The Labute approximate surface area is 43.7 Å². The summed E-state index contributed by atoms with van der Waals surface area (Å²) in [5.41, 5.74) is 0. The Balaban J connectivity index is 2.45. The van der Waals surface area contributed by atoms with Crippen molar-refractivity contribution in [2.45, 2.75) is 0 Å². The predicted octanol–water partition coefficient (Wildman–Crippen LogP) is 0.214. The molecule has 0 saturated carbocycles. The molecular formula is H3BO4P2. The molecule has 40 valence electrons. The van der Waals surface area contributed by atoms with Crippen molar-refractivity contribution in [2.24, 2.45) is 0 Å². The van der Waals surface area contributed by atoms with Gasteiger partial charge < -0.3 is 8.88 Å². The van der Waals surface area contributed by atoms with Crippen LogP contribution in [0.5, 0.6) is 0 Å². The lowest BCUT2D eigenvalue weighted by Crippen LogP contribution is -2.13. The first-order chi connectivity index (χ1) is 3.27. The van der Waals surface area contributed by atoms with Crippen molar-refractivity contribution in [1.82, 2.24) is 0 Å². The van der Waals surface area contributed by atoms with Gasteiger partial charge in [0.05, 0.1) is 0 Å². The van der Waals surface area contributed by atoms with E-state index in [1.165, 1.54) is 0 Å². The molecule has 1 atom stereocenters. The molecule has 1 rings (SSSR count). The summed E-state index contributed by atoms with van der Waals surface area (Å²) < 4.78 is 23.3. The Morgan fingerprint density at radius 1 is 1.71 bits per heavy atom.